The van der Waals surface area contributed by atoms with Gasteiger partial charge in [-0.2, -0.15) is 5.10 Å². The summed E-state index contributed by atoms with van der Waals surface area (Å²) in [6.07, 6.45) is 1.65. The summed E-state index contributed by atoms with van der Waals surface area (Å²) in [6, 6.07) is 1.21. The number of aromatic nitrogens is 2. The van der Waals surface area contributed by atoms with E-state index in [1.165, 1.54) is 0 Å². The fraction of sp³-hybridized carbons (Fsp3) is 0.429. The Hall–Kier alpha value is -1.36. The number of rotatable bonds is 3. The Bertz CT molecular complexity index is 282. The van der Waals surface area contributed by atoms with Crippen LogP contribution in [-0.4, -0.2) is 20.9 Å². The zero-order chi connectivity index (χ0) is 9.14. The number of aryl methyl sites for hydroxylation is 1. The molecule has 0 spiro atoms. The molecule has 0 aliphatic rings. The Morgan fingerprint density at radius 2 is 2.58 bits per heavy atom. The number of carboxylic acid groups (broad SMARTS) is 1. The number of nitrogens with two attached hydrogens (primary N) is 1. The summed E-state index contributed by atoms with van der Waals surface area (Å²) in [5.74, 6) is -0.909. The van der Waals surface area contributed by atoms with Crippen LogP contribution >= 0.6 is 0 Å². The van der Waals surface area contributed by atoms with Crippen molar-refractivity contribution < 1.29 is 9.90 Å². The molecule has 5 heteroatoms. The maximum atomic E-state index is 10.3. The number of nitrogens with zero attached hydrogens (tertiary/aromatic N) is 2. The van der Waals surface area contributed by atoms with Crippen LogP contribution in [-0.2, 0) is 11.8 Å². The third-order valence-electron chi connectivity index (χ3n) is 1.51. The van der Waals surface area contributed by atoms with Crippen LogP contribution in [0.25, 0.3) is 0 Å². The van der Waals surface area contributed by atoms with Gasteiger partial charge in [0.25, 0.3) is 0 Å². The van der Waals surface area contributed by atoms with E-state index < -0.39 is 12.0 Å². The first-order chi connectivity index (χ1) is 5.59. The molecule has 0 saturated heterocycles. The van der Waals surface area contributed by atoms with Gasteiger partial charge in [0.1, 0.15) is 0 Å². The quantitative estimate of drug-likeness (QED) is 0.661. The van der Waals surface area contributed by atoms with Crippen LogP contribution in [0.4, 0.5) is 0 Å². The molecule has 0 aliphatic carbocycles. The standard InChI is InChI=1S/C7H11N3O2/c1-10-3-2-6(9-10)5(8)4-7(11)12/h2-3,5H,4,8H2,1H3,(H,11,12). The Kier molecular flexibility index (Phi) is 2.44. The van der Waals surface area contributed by atoms with E-state index in [0.29, 0.717) is 5.69 Å². The van der Waals surface area contributed by atoms with Gasteiger partial charge >= 0.3 is 5.97 Å². The first-order valence-corrected chi connectivity index (χ1v) is 3.56. The van der Waals surface area contributed by atoms with E-state index in [2.05, 4.69) is 5.10 Å². The van der Waals surface area contributed by atoms with E-state index in [4.69, 9.17) is 10.8 Å². The molecule has 12 heavy (non-hydrogen) atoms. The molecule has 0 fully saturated rings. The predicted molar refractivity (Wildman–Crippen MR) is 42.4 cm³/mol. The Morgan fingerprint density at radius 3 is 3.00 bits per heavy atom. The molecule has 1 unspecified atom stereocenters. The lowest BCUT2D eigenvalue weighted by atomic mass is 10.1. The number of carboxylic acids is 1. The minimum absolute atomic E-state index is 0.0863. The van der Waals surface area contributed by atoms with E-state index in [1.54, 1.807) is 24.0 Å². The third kappa shape index (κ3) is 2.06. The second-order valence-corrected chi connectivity index (χ2v) is 2.62. The van der Waals surface area contributed by atoms with Crippen molar-refractivity contribution in [3.05, 3.63) is 18.0 Å². The molecular weight excluding hydrogens is 158 g/mol. The van der Waals surface area contributed by atoms with Crippen LogP contribution in [0.5, 0.6) is 0 Å². The molecular formula is C7H11N3O2. The van der Waals surface area contributed by atoms with Gasteiger partial charge in [0, 0.05) is 13.2 Å². The van der Waals surface area contributed by atoms with E-state index in [9.17, 15) is 4.79 Å². The Balaban J connectivity index is 2.64. The molecule has 1 atom stereocenters. The maximum absolute atomic E-state index is 10.3. The normalized spacial score (nSPS) is 12.8. The molecule has 1 aromatic rings. The molecule has 0 bridgehead atoms. The van der Waals surface area contributed by atoms with Crippen molar-refractivity contribution in [3.8, 4) is 0 Å². The summed E-state index contributed by atoms with van der Waals surface area (Å²) in [5.41, 5.74) is 6.16. The van der Waals surface area contributed by atoms with Crippen molar-refractivity contribution in [1.29, 1.82) is 0 Å². The highest BCUT2D eigenvalue weighted by Gasteiger charge is 2.12. The second-order valence-electron chi connectivity index (χ2n) is 2.62. The minimum atomic E-state index is -0.909. The number of hydrogen-bond acceptors (Lipinski definition) is 3. The molecule has 3 N–H and O–H groups in total. The summed E-state index contributed by atoms with van der Waals surface area (Å²) < 4.78 is 1.59. The molecule has 5 nitrogen and oxygen atoms in total. The third-order valence-corrected chi connectivity index (χ3v) is 1.51. The summed E-state index contributed by atoms with van der Waals surface area (Å²) in [6.45, 7) is 0. The molecule has 0 saturated carbocycles. The number of aliphatic carboxylic acids is 1. The van der Waals surface area contributed by atoms with Gasteiger partial charge in [-0.1, -0.05) is 0 Å². The van der Waals surface area contributed by atoms with E-state index in [1.807, 2.05) is 0 Å². The fourth-order valence-electron chi connectivity index (χ4n) is 0.923. The summed E-state index contributed by atoms with van der Waals surface area (Å²) in [4.78, 5) is 10.3. The highest BCUT2D eigenvalue weighted by atomic mass is 16.4. The second kappa shape index (κ2) is 3.36. The van der Waals surface area contributed by atoms with Crippen LogP contribution in [0.15, 0.2) is 12.3 Å². The van der Waals surface area contributed by atoms with E-state index in [-0.39, 0.29) is 6.42 Å². The molecule has 0 amide bonds. The lowest BCUT2D eigenvalue weighted by molar-refractivity contribution is -0.137. The number of hydrogen-bond donors (Lipinski definition) is 2. The van der Waals surface area contributed by atoms with Gasteiger partial charge in [0.15, 0.2) is 0 Å². The van der Waals surface area contributed by atoms with E-state index in [0.717, 1.165) is 0 Å². The van der Waals surface area contributed by atoms with Crippen LogP contribution in [0.2, 0.25) is 0 Å². The predicted octanol–water partition coefficient (Wildman–Crippen LogP) is -0.105. The summed E-state index contributed by atoms with van der Waals surface area (Å²) >= 11 is 0. The molecule has 0 aliphatic heterocycles. The minimum Gasteiger partial charge on any atom is -0.481 e. The average Bonchev–Trinajstić information content (AvgIpc) is 2.34. The molecule has 0 radical (unpaired) electrons. The molecule has 0 aromatic carbocycles. The van der Waals surface area contributed by atoms with Crippen LogP contribution in [0.1, 0.15) is 18.2 Å². The van der Waals surface area contributed by atoms with Gasteiger partial charge in [-0.05, 0) is 6.07 Å². The average molecular weight is 169 g/mol. The zero-order valence-corrected chi connectivity index (χ0v) is 6.77. The molecule has 66 valence electrons. The van der Waals surface area contributed by atoms with Crippen molar-refractivity contribution in [3.63, 3.8) is 0 Å². The van der Waals surface area contributed by atoms with Gasteiger partial charge in [0.2, 0.25) is 0 Å². The van der Waals surface area contributed by atoms with Crippen molar-refractivity contribution in [2.75, 3.05) is 0 Å². The topological polar surface area (TPSA) is 81.1 Å². The number of carbonyl (C=O) groups is 1. The Morgan fingerprint density at radius 1 is 1.92 bits per heavy atom. The van der Waals surface area contributed by atoms with Gasteiger partial charge in [-0.25, -0.2) is 0 Å². The summed E-state index contributed by atoms with van der Waals surface area (Å²) in [7, 11) is 1.76. The van der Waals surface area contributed by atoms with Crippen molar-refractivity contribution in [2.24, 2.45) is 12.8 Å². The molecule has 1 heterocycles. The van der Waals surface area contributed by atoms with Gasteiger partial charge in [-0.15, -0.1) is 0 Å². The van der Waals surface area contributed by atoms with Crippen molar-refractivity contribution >= 4 is 5.97 Å². The first kappa shape index (κ1) is 8.73. The van der Waals surface area contributed by atoms with Gasteiger partial charge < -0.3 is 10.8 Å². The Labute approximate surface area is 69.8 Å². The summed E-state index contributed by atoms with van der Waals surface area (Å²) in [5, 5.41) is 12.4. The monoisotopic (exact) mass is 169 g/mol. The van der Waals surface area contributed by atoms with Crippen LogP contribution in [0.3, 0.4) is 0 Å². The van der Waals surface area contributed by atoms with E-state index >= 15 is 0 Å². The first-order valence-electron chi connectivity index (χ1n) is 3.56. The van der Waals surface area contributed by atoms with Gasteiger partial charge in [0.05, 0.1) is 18.2 Å². The smallest absolute Gasteiger partial charge is 0.305 e. The van der Waals surface area contributed by atoms with Crippen molar-refractivity contribution in [2.45, 2.75) is 12.5 Å². The van der Waals surface area contributed by atoms with Crippen LogP contribution < -0.4 is 5.73 Å². The SMILES string of the molecule is Cn1ccc(C(N)CC(=O)O)n1. The fourth-order valence-corrected chi connectivity index (χ4v) is 0.923. The lowest BCUT2D eigenvalue weighted by Gasteiger charge is -2.03. The molecule has 1 rings (SSSR count). The molecule has 1 aromatic heterocycles. The zero-order valence-electron chi connectivity index (χ0n) is 6.77. The highest BCUT2D eigenvalue weighted by molar-refractivity contribution is 5.67. The lowest BCUT2D eigenvalue weighted by Crippen LogP contribution is -2.15. The van der Waals surface area contributed by atoms with Gasteiger partial charge in [-0.3, -0.25) is 9.48 Å². The largest absolute Gasteiger partial charge is 0.481 e. The maximum Gasteiger partial charge on any atom is 0.305 e. The van der Waals surface area contributed by atoms with Crippen LogP contribution in [0, 0.1) is 0 Å². The highest BCUT2D eigenvalue weighted by Crippen LogP contribution is 2.09. The van der Waals surface area contributed by atoms with Crippen molar-refractivity contribution in [1.82, 2.24) is 9.78 Å².